The molecule has 2 rings (SSSR count). The van der Waals surface area contributed by atoms with Crippen LogP contribution in [0.3, 0.4) is 0 Å². The molecule has 1 heterocycles. The molecule has 5 N–H and O–H groups in total. The van der Waals surface area contributed by atoms with E-state index >= 15 is 0 Å². The number of carboxylic acid groups (broad SMARTS) is 1. The first-order valence-electron chi connectivity index (χ1n) is 9.80. The van der Waals surface area contributed by atoms with Crippen molar-refractivity contribution in [3.05, 3.63) is 51.5 Å². The fourth-order valence-corrected chi connectivity index (χ4v) is 4.00. The van der Waals surface area contributed by atoms with Gasteiger partial charge in [0.1, 0.15) is 28.3 Å². The summed E-state index contributed by atoms with van der Waals surface area (Å²) < 4.78 is 19.1. The maximum absolute atomic E-state index is 13.9. The molecule has 0 bridgehead atoms. The number of carbonyl (C=O) groups is 3. The molecule has 10 heteroatoms. The molecule has 2 aromatic rings. The lowest BCUT2D eigenvalue weighted by Gasteiger charge is -2.27. The molecule has 1 atom stereocenters. The number of halogens is 1. The molecule has 0 spiro atoms. The number of rotatable bonds is 9. The summed E-state index contributed by atoms with van der Waals surface area (Å²) in [4.78, 5) is 37.4. The van der Waals surface area contributed by atoms with Gasteiger partial charge in [-0.3, -0.25) is 10.2 Å². The second-order valence-corrected chi connectivity index (χ2v) is 9.47. The van der Waals surface area contributed by atoms with Gasteiger partial charge in [0.2, 0.25) is 5.91 Å². The predicted octanol–water partition coefficient (Wildman–Crippen LogP) is 3.18. The van der Waals surface area contributed by atoms with E-state index in [-0.39, 0.29) is 28.5 Å². The van der Waals surface area contributed by atoms with Crippen molar-refractivity contribution >= 4 is 35.0 Å². The molecule has 0 aliphatic carbocycles. The van der Waals surface area contributed by atoms with Crippen molar-refractivity contribution < 1.29 is 28.6 Å². The summed E-state index contributed by atoms with van der Waals surface area (Å²) in [6.07, 6.45) is 0.281. The first kappa shape index (κ1) is 25.0. The number of nitrogen functional groups attached to an aromatic ring is 1. The van der Waals surface area contributed by atoms with Gasteiger partial charge in [-0.25, -0.2) is 14.0 Å². The number of nitrogens with one attached hydrogen (secondary N) is 2. The van der Waals surface area contributed by atoms with Crippen LogP contribution in [0.15, 0.2) is 30.3 Å². The summed E-state index contributed by atoms with van der Waals surface area (Å²) in [5.74, 6) is -3.70. The highest BCUT2D eigenvalue weighted by Gasteiger charge is 2.33. The molecule has 0 unspecified atom stereocenters. The predicted molar refractivity (Wildman–Crippen MR) is 119 cm³/mol. The average Bonchev–Trinajstić information content (AvgIpc) is 3.12. The lowest BCUT2D eigenvalue weighted by molar-refractivity contribution is -0.144. The molecule has 0 aliphatic heterocycles. The van der Waals surface area contributed by atoms with Crippen LogP contribution < -0.4 is 15.8 Å². The second kappa shape index (κ2) is 9.90. The molecule has 8 nitrogen and oxygen atoms in total. The van der Waals surface area contributed by atoms with Crippen molar-refractivity contribution in [3.63, 3.8) is 0 Å². The molecule has 1 aromatic heterocycles. The van der Waals surface area contributed by atoms with Crippen LogP contribution >= 0.6 is 11.3 Å². The quantitative estimate of drug-likeness (QED) is 0.195. The molecule has 0 aliphatic rings. The van der Waals surface area contributed by atoms with Crippen LogP contribution in [0.25, 0.3) is 0 Å². The highest BCUT2D eigenvalue weighted by molar-refractivity contribution is 7.14. The van der Waals surface area contributed by atoms with Crippen molar-refractivity contribution in [1.29, 1.82) is 5.41 Å². The van der Waals surface area contributed by atoms with E-state index in [1.165, 1.54) is 12.1 Å². The summed E-state index contributed by atoms with van der Waals surface area (Å²) in [6.45, 7) is 6.81. The summed E-state index contributed by atoms with van der Waals surface area (Å²) in [5, 5.41) is 19.1. The van der Waals surface area contributed by atoms with Crippen LogP contribution in [-0.2, 0) is 16.0 Å². The number of carboxylic acids is 1. The van der Waals surface area contributed by atoms with Crippen molar-refractivity contribution in [1.82, 2.24) is 5.32 Å². The highest BCUT2D eigenvalue weighted by Crippen LogP contribution is 2.28. The van der Waals surface area contributed by atoms with E-state index in [1.807, 2.05) is 0 Å². The third-order valence-corrected chi connectivity index (χ3v) is 5.82. The summed E-state index contributed by atoms with van der Waals surface area (Å²) in [7, 11) is 0. The zero-order chi connectivity index (χ0) is 24.2. The van der Waals surface area contributed by atoms with Crippen LogP contribution in [0.2, 0.25) is 0 Å². The molecule has 0 radical (unpaired) electrons. The monoisotopic (exact) mass is 463 g/mol. The number of nitrogens with two attached hydrogens (primary N) is 1. The Bertz CT molecular complexity index is 1050. The first-order chi connectivity index (χ1) is 14.8. The van der Waals surface area contributed by atoms with Gasteiger partial charge in [0.05, 0.1) is 5.56 Å². The Hall–Kier alpha value is -3.27. The maximum atomic E-state index is 13.9. The van der Waals surface area contributed by atoms with Crippen LogP contribution in [0.5, 0.6) is 5.75 Å². The van der Waals surface area contributed by atoms with Gasteiger partial charge < -0.3 is 20.9 Å². The standard InChI is InChI=1S/C22H26FN3O5S/c1-11(2)17(19(27)28)26-21(30)22(3,4)10-13-6-8-16(32-13)20(29)31-12-5-7-14(18(24)25)15(23)9-12/h5-9,11,17H,10H2,1-4H3,(H3,24,25)(H,26,30)(H,27,28)/t17-/m0/s1. The number of hydrogen-bond donors (Lipinski definition) is 4. The van der Waals surface area contributed by atoms with E-state index in [2.05, 4.69) is 5.32 Å². The van der Waals surface area contributed by atoms with E-state index in [9.17, 15) is 23.9 Å². The van der Waals surface area contributed by atoms with E-state index in [1.54, 1.807) is 39.8 Å². The zero-order valence-electron chi connectivity index (χ0n) is 18.2. The Labute approximate surface area is 189 Å². The van der Waals surface area contributed by atoms with Gasteiger partial charge in [0.15, 0.2) is 0 Å². The topological polar surface area (TPSA) is 143 Å². The highest BCUT2D eigenvalue weighted by atomic mass is 32.1. The lowest BCUT2D eigenvalue weighted by Crippen LogP contribution is -2.49. The Morgan fingerprint density at radius 3 is 2.44 bits per heavy atom. The summed E-state index contributed by atoms with van der Waals surface area (Å²) in [6, 6.07) is 5.81. The number of thiophene rings is 1. The minimum Gasteiger partial charge on any atom is -0.480 e. The summed E-state index contributed by atoms with van der Waals surface area (Å²) >= 11 is 1.13. The van der Waals surface area contributed by atoms with Crippen molar-refractivity contribution in [3.8, 4) is 5.75 Å². The van der Waals surface area contributed by atoms with Gasteiger partial charge in [-0.2, -0.15) is 0 Å². The van der Waals surface area contributed by atoms with Crippen LogP contribution in [0.4, 0.5) is 4.39 Å². The van der Waals surface area contributed by atoms with E-state index in [0.717, 1.165) is 22.3 Å². The average molecular weight is 464 g/mol. The molecular formula is C22H26FN3O5S. The maximum Gasteiger partial charge on any atom is 0.353 e. The third kappa shape index (κ3) is 6.13. The van der Waals surface area contributed by atoms with Crippen LogP contribution in [-0.4, -0.2) is 34.8 Å². The first-order valence-corrected chi connectivity index (χ1v) is 10.6. The molecule has 1 aromatic carbocycles. The molecule has 0 saturated heterocycles. The molecule has 172 valence electrons. The van der Waals surface area contributed by atoms with Gasteiger partial charge in [-0.1, -0.05) is 27.7 Å². The van der Waals surface area contributed by atoms with Crippen molar-refractivity contribution in [2.45, 2.75) is 40.2 Å². The normalized spacial score (nSPS) is 12.3. The number of esters is 1. The van der Waals surface area contributed by atoms with Gasteiger partial charge in [-0.15, -0.1) is 11.3 Å². The fraction of sp³-hybridized carbons (Fsp3) is 0.364. The largest absolute Gasteiger partial charge is 0.480 e. The zero-order valence-corrected chi connectivity index (χ0v) is 19.0. The van der Waals surface area contributed by atoms with E-state index in [4.69, 9.17) is 15.9 Å². The van der Waals surface area contributed by atoms with Crippen molar-refractivity contribution in [2.24, 2.45) is 17.1 Å². The molecular weight excluding hydrogens is 437 g/mol. The summed E-state index contributed by atoms with van der Waals surface area (Å²) in [5.41, 5.74) is 4.26. The number of benzene rings is 1. The number of carbonyl (C=O) groups excluding carboxylic acids is 2. The van der Waals surface area contributed by atoms with Gasteiger partial charge in [0.25, 0.3) is 0 Å². The number of aliphatic carboxylic acids is 1. The third-order valence-electron chi connectivity index (χ3n) is 4.75. The minimum absolute atomic E-state index is 0.0273. The number of ether oxygens (including phenoxy) is 1. The van der Waals surface area contributed by atoms with Gasteiger partial charge in [-0.05, 0) is 36.6 Å². The number of amidine groups is 1. The molecule has 0 saturated carbocycles. The van der Waals surface area contributed by atoms with E-state index < -0.39 is 41.0 Å². The molecule has 1 amide bonds. The second-order valence-electron chi connectivity index (χ2n) is 8.30. The Kier molecular flexibility index (Phi) is 7.73. The minimum atomic E-state index is -1.10. The Morgan fingerprint density at radius 2 is 1.91 bits per heavy atom. The van der Waals surface area contributed by atoms with E-state index in [0.29, 0.717) is 0 Å². The van der Waals surface area contributed by atoms with Crippen molar-refractivity contribution in [2.75, 3.05) is 0 Å². The fourth-order valence-electron chi connectivity index (χ4n) is 2.88. The van der Waals surface area contributed by atoms with Gasteiger partial charge in [0, 0.05) is 16.4 Å². The van der Waals surface area contributed by atoms with Crippen LogP contribution in [0, 0.1) is 22.6 Å². The number of hydrogen-bond acceptors (Lipinski definition) is 6. The molecule has 32 heavy (non-hydrogen) atoms. The SMILES string of the molecule is CC(C)[C@H](NC(=O)C(C)(C)Cc1ccc(C(=O)Oc2ccc(C(=N)N)c(F)c2)s1)C(=O)O. The smallest absolute Gasteiger partial charge is 0.353 e. The Morgan fingerprint density at radius 1 is 1.25 bits per heavy atom. The number of amides is 1. The molecule has 0 fully saturated rings. The van der Waals surface area contributed by atoms with Crippen LogP contribution in [0.1, 0.15) is 47.8 Å². The Balaban J connectivity index is 2.07. The lowest BCUT2D eigenvalue weighted by atomic mass is 9.86. The van der Waals surface area contributed by atoms with Gasteiger partial charge >= 0.3 is 11.9 Å².